The summed E-state index contributed by atoms with van der Waals surface area (Å²) in [4.78, 5) is 23.4. The van der Waals surface area contributed by atoms with Crippen LogP contribution in [0.3, 0.4) is 0 Å². The SMILES string of the molecule is COc1ccc(-c2ccc(/C=C/C(=O)n3cc(C#N)c4ccccc43)o2)cc1[N+](=O)[O-]. The molecule has 0 N–H and O–H groups in total. The van der Waals surface area contributed by atoms with Crippen molar-refractivity contribution in [3.05, 3.63) is 88.3 Å². The van der Waals surface area contributed by atoms with Gasteiger partial charge in [-0.05, 0) is 36.4 Å². The number of hydrogen-bond acceptors (Lipinski definition) is 6. The van der Waals surface area contributed by atoms with Crippen LogP contribution in [0, 0.1) is 21.4 Å². The highest BCUT2D eigenvalue weighted by atomic mass is 16.6. The smallest absolute Gasteiger partial charge is 0.311 e. The molecule has 0 bridgehead atoms. The Bertz CT molecular complexity index is 1390. The number of methoxy groups -OCH3 is 1. The van der Waals surface area contributed by atoms with Gasteiger partial charge in [0.1, 0.15) is 17.6 Å². The highest BCUT2D eigenvalue weighted by Gasteiger charge is 2.17. The average molecular weight is 413 g/mol. The maximum absolute atomic E-state index is 12.7. The highest BCUT2D eigenvalue weighted by Crippen LogP contribution is 2.33. The Labute approximate surface area is 176 Å². The number of aromatic nitrogens is 1. The predicted molar refractivity (Wildman–Crippen MR) is 114 cm³/mol. The molecule has 2 aromatic heterocycles. The third-order valence-electron chi connectivity index (χ3n) is 4.75. The van der Waals surface area contributed by atoms with Crippen LogP contribution in [0.25, 0.3) is 28.3 Å². The Kier molecular flexibility index (Phi) is 5.08. The Morgan fingerprint density at radius 1 is 1.23 bits per heavy atom. The Hall–Kier alpha value is -4.64. The van der Waals surface area contributed by atoms with Crippen LogP contribution in [-0.2, 0) is 0 Å². The Morgan fingerprint density at radius 2 is 2.03 bits per heavy atom. The summed E-state index contributed by atoms with van der Waals surface area (Å²) >= 11 is 0. The van der Waals surface area contributed by atoms with Crippen LogP contribution in [-0.4, -0.2) is 22.5 Å². The van der Waals surface area contributed by atoms with Crippen molar-refractivity contribution in [1.29, 1.82) is 5.26 Å². The number of nitro benzene ring substituents is 1. The van der Waals surface area contributed by atoms with Gasteiger partial charge in [0.05, 0.1) is 23.1 Å². The summed E-state index contributed by atoms with van der Waals surface area (Å²) in [7, 11) is 1.36. The molecule has 0 spiro atoms. The van der Waals surface area contributed by atoms with Crippen molar-refractivity contribution in [1.82, 2.24) is 4.57 Å². The molecule has 0 aliphatic heterocycles. The number of allylic oxidation sites excluding steroid dienone is 1. The number of nitro groups is 1. The zero-order valence-corrected chi connectivity index (χ0v) is 16.3. The monoisotopic (exact) mass is 413 g/mol. The maximum Gasteiger partial charge on any atom is 0.311 e. The second-order valence-corrected chi connectivity index (χ2v) is 6.56. The second kappa shape index (κ2) is 8.00. The van der Waals surface area contributed by atoms with Crippen molar-refractivity contribution in [2.75, 3.05) is 7.11 Å². The van der Waals surface area contributed by atoms with Gasteiger partial charge < -0.3 is 9.15 Å². The second-order valence-electron chi connectivity index (χ2n) is 6.56. The van der Waals surface area contributed by atoms with Gasteiger partial charge in [0, 0.05) is 29.3 Å². The van der Waals surface area contributed by atoms with Crippen LogP contribution in [0.15, 0.2) is 71.3 Å². The molecule has 0 unspecified atom stereocenters. The van der Waals surface area contributed by atoms with Crippen molar-refractivity contribution in [2.24, 2.45) is 0 Å². The third kappa shape index (κ3) is 3.68. The number of benzene rings is 2. The number of furan rings is 1. The number of carbonyl (C=O) groups is 1. The molecule has 0 atom stereocenters. The molecule has 0 fully saturated rings. The van der Waals surface area contributed by atoms with Crippen molar-refractivity contribution in [3.63, 3.8) is 0 Å². The van der Waals surface area contributed by atoms with E-state index >= 15 is 0 Å². The van der Waals surface area contributed by atoms with Gasteiger partial charge in [-0.25, -0.2) is 0 Å². The molecular weight excluding hydrogens is 398 g/mol. The lowest BCUT2D eigenvalue weighted by molar-refractivity contribution is -0.385. The molecule has 0 saturated carbocycles. The van der Waals surface area contributed by atoms with Crippen LogP contribution in [0.5, 0.6) is 5.75 Å². The minimum absolute atomic E-state index is 0.154. The van der Waals surface area contributed by atoms with Crippen molar-refractivity contribution in [3.8, 4) is 23.1 Å². The number of para-hydroxylation sites is 1. The maximum atomic E-state index is 12.7. The molecule has 0 amide bonds. The first-order valence-corrected chi connectivity index (χ1v) is 9.17. The first-order valence-electron chi connectivity index (χ1n) is 9.17. The minimum atomic E-state index is -0.526. The summed E-state index contributed by atoms with van der Waals surface area (Å²) in [5.41, 5.74) is 1.39. The molecule has 0 radical (unpaired) electrons. The van der Waals surface area contributed by atoms with Crippen LogP contribution >= 0.6 is 0 Å². The highest BCUT2D eigenvalue weighted by molar-refractivity contribution is 6.01. The van der Waals surface area contributed by atoms with E-state index in [1.165, 1.54) is 42.2 Å². The molecule has 152 valence electrons. The van der Waals surface area contributed by atoms with E-state index in [9.17, 15) is 20.2 Å². The number of nitriles is 1. The van der Waals surface area contributed by atoms with E-state index in [1.807, 2.05) is 6.07 Å². The van der Waals surface area contributed by atoms with Gasteiger partial charge in [-0.3, -0.25) is 19.5 Å². The van der Waals surface area contributed by atoms with E-state index in [0.29, 0.717) is 33.6 Å². The van der Waals surface area contributed by atoms with Crippen LogP contribution in [0.4, 0.5) is 5.69 Å². The lowest BCUT2D eigenvalue weighted by Gasteiger charge is -2.03. The van der Waals surface area contributed by atoms with Gasteiger partial charge in [-0.2, -0.15) is 5.26 Å². The lowest BCUT2D eigenvalue weighted by Crippen LogP contribution is -2.04. The number of fused-ring (bicyclic) bond motifs is 1. The summed E-state index contributed by atoms with van der Waals surface area (Å²) in [6.45, 7) is 0. The molecule has 2 aromatic carbocycles. The molecule has 0 aliphatic rings. The molecule has 8 nitrogen and oxygen atoms in total. The molecule has 4 aromatic rings. The molecule has 0 aliphatic carbocycles. The Balaban J connectivity index is 1.60. The quantitative estimate of drug-likeness (QED) is 0.257. The van der Waals surface area contributed by atoms with E-state index in [1.54, 1.807) is 36.4 Å². The van der Waals surface area contributed by atoms with E-state index < -0.39 is 4.92 Å². The molecule has 0 saturated heterocycles. The number of nitrogens with zero attached hydrogens (tertiary/aromatic N) is 3. The predicted octanol–water partition coefficient (Wildman–Crippen LogP) is 5.04. The van der Waals surface area contributed by atoms with E-state index in [0.717, 1.165) is 0 Å². The van der Waals surface area contributed by atoms with Gasteiger partial charge in [-0.1, -0.05) is 18.2 Å². The van der Waals surface area contributed by atoms with E-state index in [4.69, 9.17) is 9.15 Å². The number of hydrogen-bond donors (Lipinski definition) is 0. The molecule has 8 heteroatoms. The fourth-order valence-corrected chi connectivity index (χ4v) is 3.27. The number of rotatable bonds is 5. The topological polar surface area (TPSA) is 111 Å². The van der Waals surface area contributed by atoms with Gasteiger partial charge in [0.25, 0.3) is 5.91 Å². The summed E-state index contributed by atoms with van der Waals surface area (Å²) in [6.07, 6.45) is 4.35. The first kappa shape index (κ1) is 19.7. The summed E-state index contributed by atoms with van der Waals surface area (Å²) in [5.74, 6) is 0.632. The fraction of sp³-hybridized carbons (Fsp3) is 0.0435. The van der Waals surface area contributed by atoms with Crippen molar-refractivity contribution >= 4 is 28.6 Å². The van der Waals surface area contributed by atoms with Crippen LogP contribution in [0.2, 0.25) is 0 Å². The zero-order chi connectivity index (χ0) is 22.0. The van der Waals surface area contributed by atoms with Crippen LogP contribution < -0.4 is 4.74 Å². The standard InChI is InChI=1S/C23H15N3O5/c1-30-22-9-6-15(12-20(22)26(28)29)21-10-7-17(31-21)8-11-23(27)25-14-16(13-24)18-4-2-3-5-19(18)25/h2-12,14H,1H3/b11-8+. The summed E-state index contributed by atoms with van der Waals surface area (Å²) in [5, 5.41) is 21.2. The van der Waals surface area contributed by atoms with Gasteiger partial charge in [-0.15, -0.1) is 0 Å². The number of carbonyl (C=O) groups excluding carboxylic acids is 1. The van der Waals surface area contributed by atoms with E-state index in [2.05, 4.69) is 6.07 Å². The molecule has 31 heavy (non-hydrogen) atoms. The third-order valence-corrected chi connectivity index (χ3v) is 4.75. The van der Waals surface area contributed by atoms with E-state index in [-0.39, 0.29) is 17.3 Å². The van der Waals surface area contributed by atoms with Gasteiger partial charge >= 0.3 is 5.69 Å². The summed E-state index contributed by atoms with van der Waals surface area (Å²) < 4.78 is 12.1. The normalized spacial score (nSPS) is 11.0. The largest absolute Gasteiger partial charge is 0.490 e. The average Bonchev–Trinajstić information content (AvgIpc) is 3.42. The number of ether oxygens (including phenoxy) is 1. The van der Waals surface area contributed by atoms with Gasteiger partial charge in [0.15, 0.2) is 5.75 Å². The lowest BCUT2D eigenvalue weighted by atomic mass is 10.1. The first-order chi connectivity index (χ1) is 15.0. The molecular formula is C23H15N3O5. The molecule has 2 heterocycles. The molecule has 4 rings (SSSR count). The Morgan fingerprint density at radius 3 is 2.77 bits per heavy atom. The van der Waals surface area contributed by atoms with Crippen molar-refractivity contribution < 1.29 is 18.9 Å². The fourth-order valence-electron chi connectivity index (χ4n) is 3.27. The summed E-state index contributed by atoms with van der Waals surface area (Å²) in [6, 6.07) is 17.1. The van der Waals surface area contributed by atoms with Crippen molar-refractivity contribution in [2.45, 2.75) is 0 Å². The van der Waals surface area contributed by atoms with Crippen LogP contribution in [0.1, 0.15) is 16.1 Å². The van der Waals surface area contributed by atoms with Gasteiger partial charge in [0.2, 0.25) is 0 Å². The zero-order valence-electron chi connectivity index (χ0n) is 16.3. The minimum Gasteiger partial charge on any atom is -0.490 e.